The van der Waals surface area contributed by atoms with Crippen molar-refractivity contribution in [2.75, 3.05) is 0 Å². The minimum Gasteiger partial charge on any atom is -0.545 e. The van der Waals surface area contributed by atoms with Gasteiger partial charge in [-0.2, -0.15) is 0 Å². The van der Waals surface area contributed by atoms with Crippen molar-refractivity contribution in [2.45, 2.75) is 14.4 Å². The maximum absolute atomic E-state index is 10.8. The summed E-state index contributed by atoms with van der Waals surface area (Å²) in [6, 6.07) is 3.51. The first-order valence-corrected chi connectivity index (χ1v) is 4.68. The zero-order valence-electron chi connectivity index (χ0n) is 8.97. The first-order chi connectivity index (χ1) is 7.90. The van der Waals surface area contributed by atoms with Gasteiger partial charge >= 0.3 is 5.97 Å². The molecule has 1 aromatic carbocycles. The Morgan fingerprint density at radius 1 is 1.17 bits per heavy atom. The van der Waals surface area contributed by atoms with Crippen molar-refractivity contribution in [1.29, 1.82) is 0 Å². The van der Waals surface area contributed by atoms with Gasteiger partial charge in [0, 0.05) is 0 Å². The van der Waals surface area contributed by atoms with Crippen molar-refractivity contribution < 1.29 is 24.6 Å². The zero-order valence-corrected chi connectivity index (χ0v) is 8.97. The van der Waals surface area contributed by atoms with Gasteiger partial charge in [0.2, 0.25) is 0 Å². The topological polar surface area (TPSA) is 94.5 Å². The molecule has 1 N–H and O–H groups in total. The molecule has 0 amide bonds. The molecule has 0 aliphatic rings. The highest BCUT2D eigenvalue weighted by molar-refractivity contribution is 5.95. The summed E-state index contributed by atoms with van der Waals surface area (Å²) in [5, 5.41) is 19.5. The largest absolute Gasteiger partial charge is 0.545 e. The third-order valence-corrected chi connectivity index (χ3v) is 1.95. The number of aromatic carboxylic acids is 2. The van der Waals surface area contributed by atoms with Crippen molar-refractivity contribution in [2.24, 2.45) is 0 Å². The summed E-state index contributed by atoms with van der Waals surface area (Å²) in [6.45, 7) is 1.33. The summed E-state index contributed by atoms with van der Waals surface area (Å²) >= 11 is 0. The average molecular weight is 249 g/mol. The Bertz CT molecular complexity index is 482. The molecule has 0 fully saturated rings. The third kappa shape index (κ3) is 4.21. The van der Waals surface area contributed by atoms with Gasteiger partial charge in [0.25, 0.3) is 0 Å². The van der Waals surface area contributed by atoms with E-state index in [1.807, 2.05) is 0 Å². The molecule has 0 atom stereocenters. The maximum Gasteiger partial charge on any atom is 0.335 e. The molecule has 0 unspecified atom stereocenters. The number of benzene rings is 1. The summed E-state index contributed by atoms with van der Waals surface area (Å²) < 4.78 is 0. The first-order valence-electron chi connectivity index (χ1n) is 4.68. The van der Waals surface area contributed by atoms with Crippen LogP contribution in [-0.2, 0) is 4.79 Å². The zero-order chi connectivity index (χ0) is 13.0. The molecule has 0 aliphatic heterocycles. The van der Waals surface area contributed by atoms with Crippen molar-refractivity contribution in [3.05, 3.63) is 41.0 Å². The number of ketones is 1. The van der Waals surface area contributed by atoms with Crippen molar-refractivity contribution in [1.82, 2.24) is 0 Å². The van der Waals surface area contributed by atoms with Crippen LogP contribution in [0, 0.1) is 0 Å². The van der Waals surface area contributed by atoms with Crippen molar-refractivity contribution in [3.8, 4) is 0 Å². The van der Waals surface area contributed by atoms with E-state index in [9.17, 15) is 19.5 Å². The van der Waals surface area contributed by atoms with Gasteiger partial charge in [-0.15, -0.1) is 0 Å². The van der Waals surface area contributed by atoms with E-state index in [-0.39, 0.29) is 24.3 Å². The smallest absolute Gasteiger partial charge is 0.335 e. The number of allylic oxidation sites excluding steroid dienone is 1. The lowest BCUT2D eigenvalue weighted by atomic mass is 10.0. The summed E-state index contributed by atoms with van der Waals surface area (Å²) in [7, 11) is 0. The van der Waals surface area contributed by atoms with Crippen LogP contribution in [0.15, 0.2) is 24.3 Å². The molecule has 0 aliphatic carbocycles. The Morgan fingerprint density at radius 2 is 1.72 bits per heavy atom. The molecule has 0 saturated heterocycles. The standard InChI is InChI=1S/C12H10O5.CH4/c1-7(13)2-3-8-4-9(11(14)15)6-10(5-8)12(16)17;/h2-6H,1H3,(H,14,15)(H,16,17);1H4/p-1/b3-2+;. The molecule has 0 heterocycles. The molecule has 1 aromatic rings. The molecule has 96 valence electrons. The van der Waals surface area contributed by atoms with E-state index >= 15 is 0 Å². The second-order valence-corrected chi connectivity index (χ2v) is 3.38. The van der Waals surface area contributed by atoms with Gasteiger partial charge in [0.1, 0.15) is 0 Å². The lowest BCUT2D eigenvalue weighted by molar-refractivity contribution is -0.255. The number of carbonyl (C=O) groups excluding carboxylic acids is 2. The Balaban J connectivity index is 0.00000289. The van der Waals surface area contributed by atoms with Gasteiger partial charge in [0.05, 0.1) is 11.5 Å². The van der Waals surface area contributed by atoms with Crippen LogP contribution in [0.1, 0.15) is 40.6 Å². The van der Waals surface area contributed by atoms with Gasteiger partial charge in [-0.25, -0.2) is 4.79 Å². The molecule has 0 spiro atoms. The number of hydrogen-bond acceptors (Lipinski definition) is 4. The maximum atomic E-state index is 10.8. The predicted octanol–water partition coefficient (Wildman–Crippen LogP) is 0.987. The van der Waals surface area contributed by atoms with E-state index in [0.29, 0.717) is 5.56 Å². The van der Waals surface area contributed by atoms with Crippen LogP contribution in [0.2, 0.25) is 0 Å². The number of carbonyl (C=O) groups is 3. The molecule has 0 bridgehead atoms. The predicted molar refractivity (Wildman–Crippen MR) is 64.2 cm³/mol. The molecule has 1 rings (SSSR count). The molecule has 0 aromatic heterocycles. The van der Waals surface area contributed by atoms with Crippen LogP contribution in [0.25, 0.3) is 6.08 Å². The number of rotatable bonds is 4. The Kier molecular flexibility index (Phi) is 5.48. The Morgan fingerprint density at radius 3 is 2.17 bits per heavy atom. The van der Waals surface area contributed by atoms with Gasteiger partial charge < -0.3 is 15.0 Å². The second-order valence-electron chi connectivity index (χ2n) is 3.38. The average Bonchev–Trinajstić information content (AvgIpc) is 2.25. The molecular formula is C13H13O5-. The fourth-order valence-corrected chi connectivity index (χ4v) is 1.20. The summed E-state index contributed by atoms with van der Waals surface area (Å²) in [6.07, 6.45) is 2.57. The molecule has 5 nitrogen and oxygen atoms in total. The van der Waals surface area contributed by atoms with Crippen LogP contribution in [-0.4, -0.2) is 22.8 Å². The fraction of sp³-hybridized carbons (Fsp3) is 0.154. The van der Waals surface area contributed by atoms with E-state index in [1.165, 1.54) is 31.2 Å². The van der Waals surface area contributed by atoms with Crippen LogP contribution < -0.4 is 5.11 Å². The minimum atomic E-state index is -1.47. The Hall–Kier alpha value is -2.43. The monoisotopic (exact) mass is 249 g/mol. The number of carboxylic acids is 2. The molecule has 18 heavy (non-hydrogen) atoms. The highest BCUT2D eigenvalue weighted by atomic mass is 16.4. The minimum absolute atomic E-state index is 0. The highest BCUT2D eigenvalue weighted by Crippen LogP contribution is 2.12. The van der Waals surface area contributed by atoms with E-state index in [1.54, 1.807) is 0 Å². The highest BCUT2D eigenvalue weighted by Gasteiger charge is 2.06. The SMILES string of the molecule is C.CC(=O)/C=C/c1cc(C(=O)[O-])cc(C(=O)O)c1. The van der Waals surface area contributed by atoms with E-state index in [2.05, 4.69) is 0 Å². The van der Waals surface area contributed by atoms with Crippen LogP contribution in [0.4, 0.5) is 0 Å². The molecule has 0 radical (unpaired) electrons. The number of hydrogen-bond donors (Lipinski definition) is 1. The van der Waals surface area contributed by atoms with Gasteiger partial charge in [-0.1, -0.05) is 13.5 Å². The van der Waals surface area contributed by atoms with E-state index in [0.717, 1.165) is 6.07 Å². The van der Waals surface area contributed by atoms with Gasteiger partial charge in [-0.05, 0) is 42.3 Å². The van der Waals surface area contributed by atoms with Gasteiger partial charge in [0.15, 0.2) is 5.78 Å². The summed E-state index contributed by atoms with van der Waals surface area (Å²) in [4.78, 5) is 32.2. The van der Waals surface area contributed by atoms with E-state index in [4.69, 9.17) is 5.11 Å². The lowest BCUT2D eigenvalue weighted by Gasteiger charge is -2.05. The van der Waals surface area contributed by atoms with Gasteiger partial charge in [-0.3, -0.25) is 4.79 Å². The van der Waals surface area contributed by atoms with E-state index < -0.39 is 11.9 Å². The van der Waals surface area contributed by atoms with Crippen molar-refractivity contribution >= 4 is 23.8 Å². The normalized spacial score (nSPS) is 9.83. The van der Waals surface area contributed by atoms with Crippen LogP contribution in [0.3, 0.4) is 0 Å². The first kappa shape index (κ1) is 15.6. The van der Waals surface area contributed by atoms with Crippen LogP contribution in [0.5, 0.6) is 0 Å². The summed E-state index contributed by atoms with van der Waals surface area (Å²) in [5.74, 6) is -2.93. The number of carboxylic acid groups (broad SMARTS) is 2. The lowest BCUT2D eigenvalue weighted by Crippen LogP contribution is -2.22. The van der Waals surface area contributed by atoms with Crippen LogP contribution >= 0.6 is 0 Å². The van der Waals surface area contributed by atoms with Crippen molar-refractivity contribution in [3.63, 3.8) is 0 Å². The molecular weight excluding hydrogens is 236 g/mol. The third-order valence-electron chi connectivity index (χ3n) is 1.95. The Labute approximate surface area is 104 Å². The second kappa shape index (κ2) is 6.34. The fourth-order valence-electron chi connectivity index (χ4n) is 1.20. The molecule has 5 heteroatoms. The summed E-state index contributed by atoms with van der Waals surface area (Å²) in [5.41, 5.74) is -0.0951. The quantitative estimate of drug-likeness (QED) is 0.803. The molecule has 0 saturated carbocycles.